The molecule has 0 aliphatic heterocycles. The normalized spacial score (nSPS) is 21.4. The second-order valence-corrected chi connectivity index (χ2v) is 4.35. The lowest BCUT2D eigenvalue weighted by Crippen LogP contribution is -2.33. The van der Waals surface area contributed by atoms with Crippen molar-refractivity contribution in [2.45, 2.75) is 13.3 Å². The fourth-order valence-corrected chi connectivity index (χ4v) is 2.05. The first-order chi connectivity index (χ1) is 8.54. The van der Waals surface area contributed by atoms with E-state index < -0.39 is 23.6 Å². The summed E-state index contributed by atoms with van der Waals surface area (Å²) >= 11 is 0. The van der Waals surface area contributed by atoms with Crippen LogP contribution < -0.4 is 4.90 Å². The molecule has 1 aromatic rings. The van der Waals surface area contributed by atoms with E-state index in [1.54, 1.807) is 13.0 Å². The van der Waals surface area contributed by atoms with E-state index in [0.29, 0.717) is 18.7 Å². The lowest BCUT2D eigenvalue weighted by Gasteiger charge is -2.21. The van der Waals surface area contributed by atoms with Crippen molar-refractivity contribution in [3.63, 3.8) is 0 Å². The Morgan fingerprint density at radius 1 is 1.44 bits per heavy atom. The summed E-state index contributed by atoms with van der Waals surface area (Å²) in [7, 11) is 0. The number of nitrogens with zero attached hydrogens (tertiary/aromatic N) is 1. The summed E-state index contributed by atoms with van der Waals surface area (Å²) in [5, 5.41) is 8.81. The highest BCUT2D eigenvalue weighted by molar-refractivity contribution is 6.00. The largest absolute Gasteiger partial charge is 0.481 e. The molecule has 1 aliphatic carbocycles. The van der Waals surface area contributed by atoms with Crippen LogP contribution in [0.4, 0.5) is 10.1 Å². The van der Waals surface area contributed by atoms with Crippen molar-refractivity contribution in [2.24, 2.45) is 11.8 Å². The van der Waals surface area contributed by atoms with Crippen LogP contribution in [-0.4, -0.2) is 23.5 Å². The van der Waals surface area contributed by atoms with Gasteiger partial charge in [0.05, 0.1) is 11.8 Å². The van der Waals surface area contributed by atoms with Crippen LogP contribution in [0.15, 0.2) is 24.3 Å². The summed E-state index contributed by atoms with van der Waals surface area (Å²) < 4.78 is 13.1. The number of amides is 1. The zero-order valence-electron chi connectivity index (χ0n) is 9.97. The first-order valence-corrected chi connectivity index (χ1v) is 5.84. The Hall–Kier alpha value is -1.91. The van der Waals surface area contributed by atoms with Gasteiger partial charge in [-0.1, -0.05) is 6.07 Å². The van der Waals surface area contributed by atoms with Crippen LogP contribution in [0, 0.1) is 17.7 Å². The van der Waals surface area contributed by atoms with Gasteiger partial charge in [0.15, 0.2) is 0 Å². The van der Waals surface area contributed by atoms with Crippen LogP contribution in [0.1, 0.15) is 13.3 Å². The first kappa shape index (κ1) is 12.5. The Morgan fingerprint density at radius 2 is 2.17 bits per heavy atom. The van der Waals surface area contributed by atoms with Crippen LogP contribution in [0.25, 0.3) is 0 Å². The van der Waals surface area contributed by atoms with E-state index in [0.717, 1.165) is 0 Å². The molecule has 1 N–H and O–H groups in total. The van der Waals surface area contributed by atoms with Gasteiger partial charge in [-0.2, -0.15) is 0 Å². The average molecular weight is 251 g/mol. The van der Waals surface area contributed by atoms with E-state index in [1.807, 2.05) is 0 Å². The highest BCUT2D eigenvalue weighted by Crippen LogP contribution is 2.40. The molecular formula is C13H14FNO3. The number of carbonyl (C=O) groups is 2. The van der Waals surface area contributed by atoms with Gasteiger partial charge in [0, 0.05) is 12.2 Å². The smallest absolute Gasteiger partial charge is 0.307 e. The minimum atomic E-state index is -0.941. The standard InChI is InChI=1S/C13H14FNO3/c1-2-15(9-5-3-4-8(14)6-9)12(16)10-7-11(10)13(17)18/h3-6,10-11H,2,7H2,1H3,(H,17,18)/t10-,11+/m1/s1. The summed E-state index contributed by atoms with van der Waals surface area (Å²) in [6.07, 6.45) is 0.375. The minimum absolute atomic E-state index is 0.240. The van der Waals surface area contributed by atoms with Crippen LogP contribution in [-0.2, 0) is 9.59 Å². The summed E-state index contributed by atoms with van der Waals surface area (Å²) in [5.74, 6) is -2.64. The molecule has 0 aromatic heterocycles. The van der Waals surface area contributed by atoms with Gasteiger partial charge in [-0.3, -0.25) is 9.59 Å². The Kier molecular flexibility index (Phi) is 3.32. The molecule has 1 aliphatic rings. The fourth-order valence-electron chi connectivity index (χ4n) is 2.05. The van der Waals surface area contributed by atoms with Crippen molar-refractivity contribution in [3.05, 3.63) is 30.1 Å². The van der Waals surface area contributed by atoms with Gasteiger partial charge in [0.1, 0.15) is 5.82 Å². The van der Waals surface area contributed by atoms with Crippen LogP contribution in [0.5, 0.6) is 0 Å². The number of carbonyl (C=O) groups excluding carboxylic acids is 1. The van der Waals surface area contributed by atoms with E-state index >= 15 is 0 Å². The van der Waals surface area contributed by atoms with E-state index in [4.69, 9.17) is 5.11 Å². The molecule has 1 aromatic carbocycles. The van der Waals surface area contributed by atoms with Gasteiger partial charge in [0.2, 0.25) is 5.91 Å². The second-order valence-electron chi connectivity index (χ2n) is 4.35. The molecule has 96 valence electrons. The molecule has 5 heteroatoms. The molecule has 4 nitrogen and oxygen atoms in total. The summed E-state index contributed by atoms with van der Waals surface area (Å²) in [6, 6.07) is 5.75. The summed E-state index contributed by atoms with van der Waals surface area (Å²) in [4.78, 5) is 24.3. The highest BCUT2D eigenvalue weighted by atomic mass is 19.1. The summed E-state index contributed by atoms with van der Waals surface area (Å²) in [6.45, 7) is 2.17. The monoisotopic (exact) mass is 251 g/mol. The van der Waals surface area contributed by atoms with Crippen LogP contribution >= 0.6 is 0 Å². The number of carboxylic acid groups (broad SMARTS) is 1. The van der Waals surface area contributed by atoms with Crippen molar-refractivity contribution >= 4 is 17.6 Å². The van der Waals surface area contributed by atoms with Gasteiger partial charge >= 0.3 is 5.97 Å². The molecular weight excluding hydrogens is 237 g/mol. The molecule has 1 fully saturated rings. The van der Waals surface area contributed by atoms with E-state index in [2.05, 4.69) is 0 Å². The maximum absolute atomic E-state index is 13.1. The molecule has 18 heavy (non-hydrogen) atoms. The number of anilines is 1. The van der Waals surface area contributed by atoms with Crippen LogP contribution in [0.2, 0.25) is 0 Å². The maximum Gasteiger partial charge on any atom is 0.307 e. The molecule has 0 heterocycles. The Labute approximate surface area is 104 Å². The Morgan fingerprint density at radius 3 is 2.67 bits per heavy atom. The minimum Gasteiger partial charge on any atom is -0.481 e. The lowest BCUT2D eigenvalue weighted by atomic mass is 10.2. The summed E-state index contributed by atoms with van der Waals surface area (Å²) in [5.41, 5.74) is 0.471. The third kappa shape index (κ3) is 2.34. The molecule has 0 unspecified atom stereocenters. The Bertz CT molecular complexity index is 489. The molecule has 2 rings (SSSR count). The topological polar surface area (TPSA) is 57.6 Å². The van der Waals surface area contributed by atoms with E-state index in [9.17, 15) is 14.0 Å². The van der Waals surface area contributed by atoms with Crippen LogP contribution in [0.3, 0.4) is 0 Å². The van der Waals surface area contributed by atoms with Crippen molar-refractivity contribution in [2.75, 3.05) is 11.4 Å². The molecule has 1 saturated carbocycles. The number of aliphatic carboxylic acids is 1. The maximum atomic E-state index is 13.1. The highest BCUT2D eigenvalue weighted by Gasteiger charge is 2.49. The van der Waals surface area contributed by atoms with Gasteiger partial charge in [-0.25, -0.2) is 4.39 Å². The Balaban J connectivity index is 2.15. The van der Waals surface area contributed by atoms with Gasteiger partial charge < -0.3 is 10.0 Å². The SMILES string of the molecule is CCN(C(=O)[C@@H]1C[C@@H]1C(=O)O)c1cccc(F)c1. The second kappa shape index (κ2) is 4.76. The molecule has 0 saturated heterocycles. The lowest BCUT2D eigenvalue weighted by molar-refractivity contribution is -0.140. The molecule has 0 bridgehead atoms. The average Bonchev–Trinajstić information content (AvgIpc) is 3.09. The van der Waals surface area contributed by atoms with Crippen molar-refractivity contribution in [3.8, 4) is 0 Å². The third-order valence-corrected chi connectivity index (χ3v) is 3.13. The zero-order valence-corrected chi connectivity index (χ0v) is 9.97. The number of benzene rings is 1. The van der Waals surface area contributed by atoms with Gasteiger partial charge in [-0.15, -0.1) is 0 Å². The van der Waals surface area contributed by atoms with E-state index in [1.165, 1.54) is 23.1 Å². The fraction of sp³-hybridized carbons (Fsp3) is 0.385. The molecule has 2 atom stereocenters. The number of halogens is 1. The number of hydrogen-bond acceptors (Lipinski definition) is 2. The quantitative estimate of drug-likeness (QED) is 0.889. The van der Waals surface area contributed by atoms with E-state index in [-0.39, 0.29) is 5.91 Å². The number of carboxylic acids is 1. The molecule has 1 amide bonds. The number of rotatable bonds is 4. The first-order valence-electron chi connectivity index (χ1n) is 5.84. The number of hydrogen-bond donors (Lipinski definition) is 1. The zero-order chi connectivity index (χ0) is 13.3. The van der Waals surface area contributed by atoms with Crippen molar-refractivity contribution < 1.29 is 19.1 Å². The predicted octanol–water partition coefficient (Wildman–Crippen LogP) is 1.90. The predicted molar refractivity (Wildman–Crippen MR) is 63.7 cm³/mol. The molecule has 0 radical (unpaired) electrons. The molecule has 0 spiro atoms. The van der Waals surface area contributed by atoms with Crippen molar-refractivity contribution in [1.29, 1.82) is 0 Å². The van der Waals surface area contributed by atoms with Gasteiger partial charge in [0.25, 0.3) is 0 Å². The third-order valence-electron chi connectivity index (χ3n) is 3.13. The van der Waals surface area contributed by atoms with Gasteiger partial charge in [-0.05, 0) is 31.5 Å². The van der Waals surface area contributed by atoms with Crippen molar-refractivity contribution in [1.82, 2.24) is 0 Å².